The lowest BCUT2D eigenvalue weighted by Crippen LogP contribution is -2.37. The fourth-order valence-corrected chi connectivity index (χ4v) is 2.25. The first-order valence-electron chi connectivity index (χ1n) is 6.84. The third-order valence-electron chi connectivity index (χ3n) is 3.44. The van der Waals surface area contributed by atoms with Crippen molar-refractivity contribution >= 4 is 5.91 Å². The summed E-state index contributed by atoms with van der Waals surface area (Å²) in [6, 6.07) is 3.42. The van der Waals surface area contributed by atoms with Gasteiger partial charge < -0.3 is 15.3 Å². The Balaban J connectivity index is 1.61. The number of aliphatic hydroxyl groups is 1. The molecule has 2 N–H and O–H groups in total. The lowest BCUT2D eigenvalue weighted by molar-refractivity contribution is 0.0816. The highest BCUT2D eigenvalue weighted by Crippen LogP contribution is 2.09. The van der Waals surface area contributed by atoms with Crippen molar-refractivity contribution in [1.82, 2.24) is 15.2 Å². The molecule has 1 aromatic rings. The minimum atomic E-state index is -0.123. The highest BCUT2D eigenvalue weighted by molar-refractivity contribution is 5.93. The summed E-state index contributed by atoms with van der Waals surface area (Å²) < 4.78 is 0. The van der Waals surface area contributed by atoms with Crippen LogP contribution in [0.5, 0.6) is 0 Å². The second-order valence-corrected chi connectivity index (χ2v) is 4.92. The molecule has 0 aromatic carbocycles. The predicted octanol–water partition coefficient (Wildman–Crippen LogP) is 0.658. The molecule has 0 aliphatic carbocycles. The maximum absolute atomic E-state index is 11.8. The minimum absolute atomic E-state index is 0.0449. The van der Waals surface area contributed by atoms with E-state index in [2.05, 4.69) is 15.2 Å². The highest BCUT2D eigenvalue weighted by atomic mass is 16.3. The molecule has 5 heteroatoms. The van der Waals surface area contributed by atoms with Gasteiger partial charge in [-0.25, -0.2) is 0 Å². The zero-order chi connectivity index (χ0) is 13.5. The molecule has 0 radical (unpaired) electrons. The Kier molecular flexibility index (Phi) is 5.30. The van der Waals surface area contributed by atoms with Crippen molar-refractivity contribution in [3.8, 4) is 0 Å². The van der Waals surface area contributed by atoms with Crippen LogP contribution in [0, 0.1) is 0 Å². The lowest BCUT2D eigenvalue weighted by Gasteiger charge is -2.29. The van der Waals surface area contributed by atoms with Crippen LogP contribution in [0.25, 0.3) is 0 Å². The Morgan fingerprint density at radius 1 is 1.37 bits per heavy atom. The van der Waals surface area contributed by atoms with Gasteiger partial charge in [0.15, 0.2) is 0 Å². The van der Waals surface area contributed by atoms with E-state index < -0.39 is 0 Å². The van der Waals surface area contributed by atoms with Crippen molar-refractivity contribution in [2.24, 2.45) is 0 Å². The van der Waals surface area contributed by atoms with Crippen molar-refractivity contribution in [3.05, 3.63) is 30.1 Å². The van der Waals surface area contributed by atoms with Gasteiger partial charge in [0.25, 0.3) is 5.91 Å². The second kappa shape index (κ2) is 7.21. The van der Waals surface area contributed by atoms with Crippen molar-refractivity contribution in [2.75, 3.05) is 26.2 Å². The Labute approximate surface area is 113 Å². The number of hydrogen-bond donors (Lipinski definition) is 2. The van der Waals surface area contributed by atoms with Crippen molar-refractivity contribution in [2.45, 2.75) is 25.4 Å². The van der Waals surface area contributed by atoms with Crippen LogP contribution in [0.2, 0.25) is 0 Å². The average molecular weight is 263 g/mol. The summed E-state index contributed by atoms with van der Waals surface area (Å²) in [5.74, 6) is -0.0449. The van der Waals surface area contributed by atoms with E-state index in [1.807, 2.05) is 0 Å². The third kappa shape index (κ3) is 4.61. The second-order valence-electron chi connectivity index (χ2n) is 4.92. The van der Waals surface area contributed by atoms with Gasteiger partial charge in [0.1, 0.15) is 0 Å². The molecule has 19 heavy (non-hydrogen) atoms. The Morgan fingerprint density at radius 2 is 2.05 bits per heavy atom. The van der Waals surface area contributed by atoms with Crippen LogP contribution in [0.15, 0.2) is 24.5 Å². The Hall–Kier alpha value is -1.46. The first-order valence-corrected chi connectivity index (χ1v) is 6.84. The van der Waals surface area contributed by atoms with E-state index in [1.165, 1.54) is 0 Å². The van der Waals surface area contributed by atoms with Crippen LogP contribution in [-0.4, -0.2) is 53.2 Å². The zero-order valence-corrected chi connectivity index (χ0v) is 11.1. The summed E-state index contributed by atoms with van der Waals surface area (Å²) in [7, 11) is 0. The number of nitrogens with one attached hydrogen (secondary N) is 1. The maximum Gasteiger partial charge on any atom is 0.251 e. The molecule has 1 aliphatic heterocycles. The van der Waals surface area contributed by atoms with Crippen molar-refractivity contribution in [3.63, 3.8) is 0 Å². The van der Waals surface area contributed by atoms with Crippen molar-refractivity contribution < 1.29 is 9.90 Å². The van der Waals surface area contributed by atoms with Gasteiger partial charge in [0.05, 0.1) is 6.10 Å². The molecule has 0 bridgehead atoms. The van der Waals surface area contributed by atoms with Crippen LogP contribution >= 0.6 is 0 Å². The van der Waals surface area contributed by atoms with E-state index in [4.69, 9.17) is 0 Å². The Morgan fingerprint density at radius 3 is 2.74 bits per heavy atom. The summed E-state index contributed by atoms with van der Waals surface area (Å²) in [5, 5.41) is 12.3. The molecule has 0 saturated carbocycles. The number of likely N-dealkylation sites (tertiary alicyclic amines) is 1. The first-order chi connectivity index (χ1) is 9.25. The minimum Gasteiger partial charge on any atom is -0.393 e. The highest BCUT2D eigenvalue weighted by Gasteiger charge is 2.16. The number of rotatable bonds is 5. The molecule has 104 valence electrons. The molecule has 1 aliphatic rings. The predicted molar refractivity (Wildman–Crippen MR) is 72.9 cm³/mol. The summed E-state index contributed by atoms with van der Waals surface area (Å²) in [6.45, 7) is 3.57. The molecular weight excluding hydrogens is 242 g/mol. The molecule has 1 fully saturated rings. The molecule has 0 spiro atoms. The molecule has 1 aromatic heterocycles. The van der Waals surface area contributed by atoms with E-state index >= 15 is 0 Å². The van der Waals surface area contributed by atoms with E-state index in [0.717, 1.165) is 38.9 Å². The quantitative estimate of drug-likeness (QED) is 0.766. The number of hydrogen-bond acceptors (Lipinski definition) is 4. The number of aliphatic hydroxyl groups excluding tert-OH is 1. The topological polar surface area (TPSA) is 65.5 Å². The van der Waals surface area contributed by atoms with Crippen LogP contribution in [0.1, 0.15) is 29.6 Å². The fraction of sp³-hybridized carbons (Fsp3) is 0.571. The fourth-order valence-electron chi connectivity index (χ4n) is 2.25. The summed E-state index contributed by atoms with van der Waals surface area (Å²) in [4.78, 5) is 18.0. The molecular formula is C14H21N3O2. The van der Waals surface area contributed by atoms with Crippen LogP contribution in [-0.2, 0) is 0 Å². The average Bonchev–Trinajstić information content (AvgIpc) is 2.46. The van der Waals surface area contributed by atoms with E-state index in [0.29, 0.717) is 12.1 Å². The van der Waals surface area contributed by atoms with Gasteiger partial charge >= 0.3 is 0 Å². The molecule has 2 rings (SSSR count). The van der Waals surface area contributed by atoms with Crippen LogP contribution in [0.4, 0.5) is 0 Å². The maximum atomic E-state index is 11.8. The number of amides is 1. The molecule has 0 atom stereocenters. The molecule has 1 saturated heterocycles. The molecule has 1 amide bonds. The molecule has 2 heterocycles. The summed E-state index contributed by atoms with van der Waals surface area (Å²) >= 11 is 0. The number of nitrogens with zero attached hydrogens (tertiary/aromatic N) is 2. The van der Waals surface area contributed by atoms with Crippen LogP contribution in [0.3, 0.4) is 0 Å². The molecule has 0 unspecified atom stereocenters. The van der Waals surface area contributed by atoms with Crippen molar-refractivity contribution in [1.29, 1.82) is 0 Å². The van der Waals surface area contributed by atoms with E-state index in [-0.39, 0.29) is 12.0 Å². The summed E-state index contributed by atoms with van der Waals surface area (Å²) in [6.07, 6.45) is 5.78. The van der Waals surface area contributed by atoms with Gasteiger partial charge in [-0.15, -0.1) is 0 Å². The smallest absolute Gasteiger partial charge is 0.251 e. The van der Waals surface area contributed by atoms with Gasteiger partial charge in [-0.3, -0.25) is 9.78 Å². The largest absolute Gasteiger partial charge is 0.393 e. The van der Waals surface area contributed by atoms with Gasteiger partial charge in [-0.1, -0.05) is 0 Å². The number of pyridine rings is 1. The van der Waals surface area contributed by atoms with Gasteiger partial charge in [0.2, 0.25) is 0 Å². The number of piperidine rings is 1. The Bertz CT molecular complexity index is 389. The van der Waals surface area contributed by atoms with Gasteiger partial charge in [-0.2, -0.15) is 0 Å². The van der Waals surface area contributed by atoms with E-state index in [1.54, 1.807) is 24.5 Å². The number of carbonyl (C=O) groups is 1. The summed E-state index contributed by atoms with van der Waals surface area (Å²) in [5.41, 5.74) is 0.649. The van der Waals surface area contributed by atoms with Gasteiger partial charge in [0, 0.05) is 37.6 Å². The van der Waals surface area contributed by atoms with E-state index in [9.17, 15) is 9.90 Å². The monoisotopic (exact) mass is 263 g/mol. The number of aromatic nitrogens is 1. The normalized spacial score (nSPS) is 17.3. The van der Waals surface area contributed by atoms with Gasteiger partial charge in [-0.05, 0) is 37.9 Å². The zero-order valence-electron chi connectivity index (χ0n) is 11.1. The van der Waals surface area contributed by atoms with Crippen LogP contribution < -0.4 is 5.32 Å². The molecule has 5 nitrogen and oxygen atoms in total. The first kappa shape index (κ1) is 14.0. The standard InChI is InChI=1S/C14H21N3O2/c18-13-4-10-17(11-5-13)9-1-6-16-14(19)12-2-7-15-8-3-12/h2-3,7-8,13,18H,1,4-6,9-11H2,(H,16,19). The SMILES string of the molecule is O=C(NCCCN1CCC(O)CC1)c1ccncc1. The third-order valence-corrected chi connectivity index (χ3v) is 3.44. The lowest BCUT2D eigenvalue weighted by atomic mass is 10.1. The number of carbonyl (C=O) groups excluding carboxylic acids is 1.